The minimum Gasteiger partial charge on any atom is -0.380 e. The van der Waals surface area contributed by atoms with E-state index in [2.05, 4.69) is 4.90 Å². The molecule has 0 aromatic rings. The van der Waals surface area contributed by atoms with Crippen LogP contribution in [0.4, 0.5) is 0 Å². The molecule has 15 heavy (non-hydrogen) atoms. The molecule has 1 saturated heterocycles. The lowest BCUT2D eigenvalue weighted by molar-refractivity contribution is -0.00485. The van der Waals surface area contributed by atoms with Crippen LogP contribution in [0, 0.1) is 5.92 Å². The molecule has 2 fully saturated rings. The first kappa shape index (κ1) is 11.4. The highest BCUT2D eigenvalue weighted by Gasteiger charge is 2.33. The van der Waals surface area contributed by atoms with Gasteiger partial charge in [0.15, 0.2) is 0 Å². The number of hydrogen-bond acceptors (Lipinski definition) is 3. The molecule has 1 saturated carbocycles. The van der Waals surface area contributed by atoms with Crippen molar-refractivity contribution in [1.82, 2.24) is 4.90 Å². The van der Waals surface area contributed by atoms with E-state index in [1.54, 1.807) is 0 Å². The lowest BCUT2D eigenvalue weighted by Gasteiger charge is -2.43. The summed E-state index contributed by atoms with van der Waals surface area (Å²) < 4.78 is 5.46. The SMILES string of the molecule is COC1CCCN(C(CN)C2CCC2)C1. The Balaban J connectivity index is 1.88. The van der Waals surface area contributed by atoms with Gasteiger partial charge in [0, 0.05) is 26.2 Å². The van der Waals surface area contributed by atoms with Crippen LogP contribution < -0.4 is 5.73 Å². The summed E-state index contributed by atoms with van der Waals surface area (Å²) in [6, 6.07) is 0.622. The van der Waals surface area contributed by atoms with Crippen LogP contribution in [0.25, 0.3) is 0 Å². The predicted molar refractivity (Wildman–Crippen MR) is 61.8 cm³/mol. The first-order chi connectivity index (χ1) is 7.35. The Morgan fingerprint density at radius 1 is 1.33 bits per heavy atom. The summed E-state index contributed by atoms with van der Waals surface area (Å²) in [4.78, 5) is 2.57. The highest BCUT2D eigenvalue weighted by molar-refractivity contribution is 4.88. The van der Waals surface area contributed by atoms with Crippen molar-refractivity contribution >= 4 is 0 Å². The van der Waals surface area contributed by atoms with E-state index in [0.717, 1.165) is 19.0 Å². The number of nitrogens with zero attached hydrogens (tertiary/aromatic N) is 1. The molecular weight excluding hydrogens is 188 g/mol. The lowest BCUT2D eigenvalue weighted by atomic mass is 9.78. The van der Waals surface area contributed by atoms with Crippen LogP contribution in [0.5, 0.6) is 0 Å². The fourth-order valence-electron chi connectivity index (χ4n) is 2.92. The molecule has 88 valence electrons. The molecule has 0 spiro atoms. The summed E-state index contributed by atoms with van der Waals surface area (Å²) in [5.74, 6) is 0.866. The van der Waals surface area contributed by atoms with Gasteiger partial charge in [-0.15, -0.1) is 0 Å². The lowest BCUT2D eigenvalue weighted by Crippen LogP contribution is -2.52. The molecule has 0 aromatic heterocycles. The minimum absolute atomic E-state index is 0.438. The topological polar surface area (TPSA) is 38.5 Å². The molecule has 0 aromatic carbocycles. The summed E-state index contributed by atoms with van der Waals surface area (Å²) in [5.41, 5.74) is 5.92. The number of hydrogen-bond donors (Lipinski definition) is 1. The Morgan fingerprint density at radius 3 is 2.67 bits per heavy atom. The van der Waals surface area contributed by atoms with Crippen molar-refractivity contribution in [3.8, 4) is 0 Å². The number of rotatable bonds is 4. The van der Waals surface area contributed by atoms with Crippen LogP contribution in [-0.4, -0.2) is 43.8 Å². The van der Waals surface area contributed by atoms with Gasteiger partial charge in [0.2, 0.25) is 0 Å². The zero-order chi connectivity index (χ0) is 10.7. The summed E-state index contributed by atoms with van der Waals surface area (Å²) in [6.45, 7) is 3.13. The average Bonchev–Trinajstić information content (AvgIpc) is 2.23. The van der Waals surface area contributed by atoms with E-state index in [1.807, 2.05) is 7.11 Å². The third kappa shape index (κ3) is 2.52. The molecule has 2 rings (SSSR count). The van der Waals surface area contributed by atoms with E-state index in [0.29, 0.717) is 12.1 Å². The first-order valence-electron chi connectivity index (χ1n) is 6.32. The van der Waals surface area contributed by atoms with E-state index < -0.39 is 0 Å². The Labute approximate surface area is 93.0 Å². The summed E-state index contributed by atoms with van der Waals surface area (Å²) in [6.07, 6.45) is 7.10. The Hall–Kier alpha value is -0.120. The largest absolute Gasteiger partial charge is 0.380 e. The predicted octanol–water partition coefficient (Wildman–Crippen LogP) is 1.22. The molecule has 3 heteroatoms. The molecule has 2 atom stereocenters. The number of piperidine rings is 1. The standard InChI is InChI=1S/C12H24N2O/c1-15-11-6-3-7-14(9-11)12(8-13)10-4-2-5-10/h10-12H,2-9,13H2,1H3. The molecular formula is C12H24N2O. The van der Waals surface area contributed by atoms with Gasteiger partial charge in [0.1, 0.15) is 0 Å². The van der Waals surface area contributed by atoms with Gasteiger partial charge in [-0.3, -0.25) is 4.90 Å². The summed E-state index contributed by atoms with van der Waals surface area (Å²) in [5, 5.41) is 0. The molecule has 0 radical (unpaired) electrons. The summed E-state index contributed by atoms with van der Waals surface area (Å²) >= 11 is 0. The maximum Gasteiger partial charge on any atom is 0.0698 e. The van der Waals surface area contributed by atoms with Gasteiger partial charge in [-0.2, -0.15) is 0 Å². The fourth-order valence-corrected chi connectivity index (χ4v) is 2.92. The fraction of sp³-hybridized carbons (Fsp3) is 1.00. The minimum atomic E-state index is 0.438. The molecule has 2 unspecified atom stereocenters. The van der Waals surface area contributed by atoms with Crippen molar-refractivity contribution in [3.63, 3.8) is 0 Å². The van der Waals surface area contributed by atoms with Crippen LogP contribution in [-0.2, 0) is 4.74 Å². The van der Waals surface area contributed by atoms with Crippen LogP contribution >= 0.6 is 0 Å². The second kappa shape index (κ2) is 5.28. The maximum atomic E-state index is 5.92. The van der Waals surface area contributed by atoms with Gasteiger partial charge in [-0.1, -0.05) is 6.42 Å². The quantitative estimate of drug-likeness (QED) is 0.761. The maximum absolute atomic E-state index is 5.92. The molecule has 1 heterocycles. The Kier molecular flexibility index (Phi) is 4.00. The third-order valence-corrected chi connectivity index (χ3v) is 4.15. The number of methoxy groups -OCH3 is 1. The molecule has 1 aliphatic heterocycles. The zero-order valence-electron chi connectivity index (χ0n) is 9.82. The van der Waals surface area contributed by atoms with Crippen molar-refractivity contribution in [3.05, 3.63) is 0 Å². The number of nitrogens with two attached hydrogens (primary N) is 1. The molecule has 0 amide bonds. The summed E-state index contributed by atoms with van der Waals surface area (Å²) in [7, 11) is 1.83. The molecule has 1 aliphatic carbocycles. The van der Waals surface area contributed by atoms with Crippen molar-refractivity contribution in [2.75, 3.05) is 26.7 Å². The van der Waals surface area contributed by atoms with E-state index in [9.17, 15) is 0 Å². The third-order valence-electron chi connectivity index (χ3n) is 4.15. The van der Waals surface area contributed by atoms with Gasteiger partial charge in [-0.05, 0) is 38.1 Å². The van der Waals surface area contributed by atoms with Crippen LogP contribution in [0.3, 0.4) is 0 Å². The van der Waals surface area contributed by atoms with Crippen molar-refractivity contribution in [2.45, 2.75) is 44.2 Å². The van der Waals surface area contributed by atoms with E-state index >= 15 is 0 Å². The van der Waals surface area contributed by atoms with Crippen LogP contribution in [0.15, 0.2) is 0 Å². The molecule has 2 N–H and O–H groups in total. The van der Waals surface area contributed by atoms with Crippen molar-refractivity contribution in [2.24, 2.45) is 11.7 Å². The average molecular weight is 212 g/mol. The number of likely N-dealkylation sites (tertiary alicyclic amines) is 1. The van der Waals surface area contributed by atoms with Gasteiger partial charge >= 0.3 is 0 Å². The van der Waals surface area contributed by atoms with Crippen LogP contribution in [0.2, 0.25) is 0 Å². The second-order valence-corrected chi connectivity index (χ2v) is 4.99. The molecule has 2 aliphatic rings. The molecule has 3 nitrogen and oxygen atoms in total. The highest BCUT2D eigenvalue weighted by Crippen LogP contribution is 2.33. The van der Waals surface area contributed by atoms with E-state index in [-0.39, 0.29) is 0 Å². The highest BCUT2D eigenvalue weighted by atomic mass is 16.5. The second-order valence-electron chi connectivity index (χ2n) is 4.99. The van der Waals surface area contributed by atoms with Gasteiger partial charge < -0.3 is 10.5 Å². The van der Waals surface area contributed by atoms with Crippen molar-refractivity contribution in [1.29, 1.82) is 0 Å². The van der Waals surface area contributed by atoms with Crippen molar-refractivity contribution < 1.29 is 4.74 Å². The monoisotopic (exact) mass is 212 g/mol. The zero-order valence-corrected chi connectivity index (χ0v) is 9.82. The van der Waals surface area contributed by atoms with E-state index in [1.165, 1.54) is 38.6 Å². The Bertz CT molecular complexity index is 194. The Morgan fingerprint density at radius 2 is 2.13 bits per heavy atom. The first-order valence-corrected chi connectivity index (χ1v) is 6.32. The number of ether oxygens (including phenoxy) is 1. The van der Waals surface area contributed by atoms with E-state index in [4.69, 9.17) is 10.5 Å². The normalized spacial score (nSPS) is 31.2. The smallest absolute Gasteiger partial charge is 0.0698 e. The van der Waals surface area contributed by atoms with Gasteiger partial charge in [-0.25, -0.2) is 0 Å². The molecule has 0 bridgehead atoms. The van der Waals surface area contributed by atoms with Crippen LogP contribution in [0.1, 0.15) is 32.1 Å². The van der Waals surface area contributed by atoms with Gasteiger partial charge in [0.25, 0.3) is 0 Å². The van der Waals surface area contributed by atoms with Gasteiger partial charge in [0.05, 0.1) is 6.10 Å².